The van der Waals surface area contributed by atoms with Gasteiger partial charge in [0.25, 0.3) is 0 Å². The first-order valence-corrected chi connectivity index (χ1v) is 4.85. The van der Waals surface area contributed by atoms with E-state index in [1.807, 2.05) is 0 Å². The van der Waals surface area contributed by atoms with Crippen LogP contribution in [-0.2, 0) is 4.74 Å². The fraction of sp³-hybridized carbons (Fsp3) is 0.750. The van der Waals surface area contributed by atoms with Gasteiger partial charge in [0.2, 0.25) is 0 Å². The SMILES string of the molecule is O=C(O)OC1CCSS1. The molecule has 1 saturated heterocycles. The Kier molecular flexibility index (Phi) is 2.53. The Bertz CT molecular complexity index is 110. The van der Waals surface area contributed by atoms with Crippen LogP contribution in [0.25, 0.3) is 0 Å². The fourth-order valence-corrected chi connectivity index (χ4v) is 2.99. The number of carboxylic acid groups (broad SMARTS) is 1. The molecule has 0 aliphatic carbocycles. The summed E-state index contributed by atoms with van der Waals surface area (Å²) >= 11 is 0. The monoisotopic (exact) mass is 166 g/mol. The molecule has 52 valence electrons. The van der Waals surface area contributed by atoms with Gasteiger partial charge in [-0.15, -0.1) is 0 Å². The maximum absolute atomic E-state index is 9.91. The maximum Gasteiger partial charge on any atom is 0.506 e. The smallest absolute Gasteiger partial charge is 0.450 e. The largest absolute Gasteiger partial charge is 0.506 e. The minimum atomic E-state index is -1.17. The van der Waals surface area contributed by atoms with E-state index in [4.69, 9.17) is 5.11 Å². The van der Waals surface area contributed by atoms with E-state index < -0.39 is 6.16 Å². The van der Waals surface area contributed by atoms with Crippen LogP contribution in [0.1, 0.15) is 6.42 Å². The lowest BCUT2D eigenvalue weighted by Crippen LogP contribution is -2.09. The van der Waals surface area contributed by atoms with E-state index in [2.05, 4.69) is 4.74 Å². The molecule has 1 rings (SSSR count). The molecule has 0 amide bonds. The quantitative estimate of drug-likeness (QED) is 0.475. The third-order valence-corrected chi connectivity index (χ3v) is 3.48. The molecule has 0 saturated carbocycles. The van der Waals surface area contributed by atoms with Crippen LogP contribution in [0, 0.1) is 0 Å². The van der Waals surface area contributed by atoms with Crippen molar-refractivity contribution in [2.45, 2.75) is 11.9 Å². The summed E-state index contributed by atoms with van der Waals surface area (Å²) in [5.74, 6) is 0.989. The molecule has 1 atom stereocenters. The zero-order valence-electron chi connectivity index (χ0n) is 4.57. The van der Waals surface area contributed by atoms with Crippen molar-refractivity contribution < 1.29 is 14.6 Å². The summed E-state index contributed by atoms with van der Waals surface area (Å²) in [7, 11) is 3.14. The second-order valence-electron chi connectivity index (χ2n) is 1.52. The van der Waals surface area contributed by atoms with Gasteiger partial charge in [0.1, 0.15) is 0 Å². The minimum Gasteiger partial charge on any atom is -0.450 e. The lowest BCUT2D eigenvalue weighted by molar-refractivity contribution is 0.0824. The molecule has 3 nitrogen and oxygen atoms in total. The Hall–Kier alpha value is -0.0300. The summed E-state index contributed by atoms with van der Waals surface area (Å²) in [4.78, 5) is 9.91. The van der Waals surface area contributed by atoms with Gasteiger partial charge in [-0.05, 0) is 10.8 Å². The average Bonchev–Trinajstić information content (AvgIpc) is 2.15. The van der Waals surface area contributed by atoms with E-state index >= 15 is 0 Å². The summed E-state index contributed by atoms with van der Waals surface area (Å²) in [5, 5.41) is 8.13. The minimum absolute atomic E-state index is 0.132. The van der Waals surface area contributed by atoms with Crippen molar-refractivity contribution in [3.05, 3.63) is 0 Å². The maximum atomic E-state index is 9.91. The summed E-state index contributed by atoms with van der Waals surface area (Å²) in [6, 6.07) is 0. The van der Waals surface area contributed by atoms with Gasteiger partial charge < -0.3 is 9.84 Å². The molecule has 9 heavy (non-hydrogen) atoms. The Balaban J connectivity index is 2.19. The first kappa shape index (κ1) is 7.08. The molecule has 5 heteroatoms. The highest BCUT2D eigenvalue weighted by Crippen LogP contribution is 2.37. The van der Waals surface area contributed by atoms with Crippen molar-refractivity contribution in [1.29, 1.82) is 0 Å². The first-order chi connectivity index (χ1) is 4.29. The van der Waals surface area contributed by atoms with Crippen LogP contribution < -0.4 is 0 Å². The molecule has 1 aliphatic rings. The summed E-state index contributed by atoms with van der Waals surface area (Å²) in [6.07, 6.45) is -0.336. The van der Waals surface area contributed by atoms with Gasteiger partial charge in [0.15, 0.2) is 5.44 Å². The van der Waals surface area contributed by atoms with Gasteiger partial charge in [-0.3, -0.25) is 0 Å². The number of hydrogen-bond donors (Lipinski definition) is 1. The van der Waals surface area contributed by atoms with E-state index in [0.717, 1.165) is 12.2 Å². The highest BCUT2D eigenvalue weighted by Gasteiger charge is 2.19. The highest BCUT2D eigenvalue weighted by atomic mass is 33.1. The van der Waals surface area contributed by atoms with Gasteiger partial charge in [0.05, 0.1) is 0 Å². The molecule has 1 unspecified atom stereocenters. The Morgan fingerprint density at radius 2 is 2.56 bits per heavy atom. The number of rotatable bonds is 1. The average molecular weight is 166 g/mol. The van der Waals surface area contributed by atoms with Crippen molar-refractivity contribution in [2.75, 3.05) is 5.75 Å². The normalized spacial score (nSPS) is 26.0. The second-order valence-corrected chi connectivity index (χ2v) is 4.17. The fourth-order valence-electron chi connectivity index (χ4n) is 0.507. The molecule has 0 radical (unpaired) electrons. The number of hydrogen-bond acceptors (Lipinski definition) is 4. The molecular formula is C4H6O3S2. The summed E-state index contributed by atoms with van der Waals surface area (Å²) in [5.41, 5.74) is -0.132. The zero-order valence-corrected chi connectivity index (χ0v) is 6.20. The van der Waals surface area contributed by atoms with Crippen LogP contribution in [0.15, 0.2) is 0 Å². The third-order valence-electron chi connectivity index (χ3n) is 0.845. The summed E-state index contributed by atoms with van der Waals surface area (Å²) < 4.78 is 4.47. The standard InChI is InChI=1S/C4H6O3S2/c5-4(6)7-3-1-2-8-9-3/h3H,1-2H2,(H,5,6). The zero-order chi connectivity index (χ0) is 6.69. The Labute approximate surface area is 60.5 Å². The molecule has 0 aromatic rings. The van der Waals surface area contributed by atoms with Crippen LogP contribution in [0.4, 0.5) is 4.79 Å². The van der Waals surface area contributed by atoms with Gasteiger partial charge in [-0.2, -0.15) is 0 Å². The topological polar surface area (TPSA) is 46.5 Å². The molecule has 0 aromatic heterocycles. The lowest BCUT2D eigenvalue weighted by atomic mass is 10.5. The van der Waals surface area contributed by atoms with E-state index in [1.54, 1.807) is 10.8 Å². The Morgan fingerprint density at radius 3 is 3.00 bits per heavy atom. The molecular weight excluding hydrogens is 160 g/mol. The molecule has 1 fully saturated rings. The Morgan fingerprint density at radius 1 is 1.78 bits per heavy atom. The van der Waals surface area contributed by atoms with Crippen molar-refractivity contribution in [3.8, 4) is 0 Å². The van der Waals surface area contributed by atoms with Crippen LogP contribution in [-0.4, -0.2) is 22.5 Å². The third kappa shape index (κ3) is 2.36. The number of carbonyl (C=O) groups is 1. The second kappa shape index (κ2) is 3.22. The van der Waals surface area contributed by atoms with E-state index in [0.29, 0.717) is 0 Å². The predicted octanol–water partition coefficient (Wildman–Crippen LogP) is 1.79. The molecule has 1 aliphatic heterocycles. The van der Waals surface area contributed by atoms with Gasteiger partial charge >= 0.3 is 6.16 Å². The van der Waals surface area contributed by atoms with Crippen LogP contribution in [0.3, 0.4) is 0 Å². The molecule has 0 bridgehead atoms. The van der Waals surface area contributed by atoms with Gasteiger partial charge in [-0.1, -0.05) is 10.8 Å². The van der Waals surface area contributed by atoms with Crippen molar-refractivity contribution in [2.24, 2.45) is 0 Å². The van der Waals surface area contributed by atoms with Crippen molar-refractivity contribution >= 4 is 27.7 Å². The lowest BCUT2D eigenvalue weighted by Gasteiger charge is -2.03. The summed E-state index contributed by atoms with van der Waals surface area (Å²) in [6.45, 7) is 0. The van der Waals surface area contributed by atoms with Gasteiger partial charge in [0, 0.05) is 12.2 Å². The van der Waals surface area contributed by atoms with E-state index in [9.17, 15) is 4.79 Å². The van der Waals surface area contributed by atoms with Crippen molar-refractivity contribution in [1.82, 2.24) is 0 Å². The van der Waals surface area contributed by atoms with Crippen LogP contribution in [0.2, 0.25) is 0 Å². The van der Waals surface area contributed by atoms with Gasteiger partial charge in [-0.25, -0.2) is 4.79 Å². The molecule has 0 aromatic carbocycles. The highest BCUT2D eigenvalue weighted by molar-refractivity contribution is 8.77. The van der Waals surface area contributed by atoms with E-state index in [-0.39, 0.29) is 5.44 Å². The first-order valence-electron chi connectivity index (χ1n) is 2.47. The van der Waals surface area contributed by atoms with Crippen LogP contribution in [0.5, 0.6) is 0 Å². The van der Waals surface area contributed by atoms with Crippen LogP contribution >= 0.6 is 21.6 Å². The number of ether oxygens (including phenoxy) is 1. The van der Waals surface area contributed by atoms with E-state index in [1.165, 1.54) is 10.8 Å². The molecule has 1 N–H and O–H groups in total. The predicted molar refractivity (Wildman–Crippen MR) is 37.6 cm³/mol. The molecule has 1 heterocycles. The molecule has 0 spiro atoms. The van der Waals surface area contributed by atoms with Crippen molar-refractivity contribution in [3.63, 3.8) is 0 Å².